The van der Waals surface area contributed by atoms with Crippen LogP contribution < -0.4 is 0 Å². The van der Waals surface area contributed by atoms with Crippen LogP contribution in [0.5, 0.6) is 0 Å². The van der Waals surface area contributed by atoms with Crippen molar-refractivity contribution in [1.82, 2.24) is 0 Å². The van der Waals surface area contributed by atoms with Crippen LogP contribution in [0.25, 0.3) is 0 Å². The lowest BCUT2D eigenvalue weighted by atomic mass is 9.87. The lowest BCUT2D eigenvalue weighted by Gasteiger charge is -2.19. The summed E-state index contributed by atoms with van der Waals surface area (Å²) in [7, 11) is 1.29. The predicted molar refractivity (Wildman–Crippen MR) is 63.2 cm³/mol. The zero-order valence-electron chi connectivity index (χ0n) is 10.9. The smallest absolute Gasteiger partial charge is 0.309 e. The molecule has 0 aromatic carbocycles. The molecule has 0 aromatic heterocycles. The number of aliphatic carboxylic acids is 1. The fourth-order valence-electron chi connectivity index (χ4n) is 1.57. The van der Waals surface area contributed by atoms with E-state index >= 15 is 0 Å². The second-order valence-corrected chi connectivity index (χ2v) is 3.27. The number of hydrogen-bond acceptors (Lipinski definition) is 3. The third kappa shape index (κ3) is 5.73. The summed E-state index contributed by atoms with van der Waals surface area (Å²) >= 11 is 0. The van der Waals surface area contributed by atoms with Crippen LogP contribution in [0.3, 0.4) is 0 Å². The summed E-state index contributed by atoms with van der Waals surface area (Å²) in [6.07, 6.45) is 1.77. The molecule has 0 bridgehead atoms. The molecule has 0 saturated carbocycles. The van der Waals surface area contributed by atoms with Crippen molar-refractivity contribution in [2.75, 3.05) is 7.11 Å². The molecule has 0 aliphatic rings. The molecule has 0 aliphatic heterocycles. The number of rotatable bonds is 6. The number of esters is 1. The molecule has 0 radical (unpaired) electrons. The van der Waals surface area contributed by atoms with Crippen molar-refractivity contribution >= 4 is 11.9 Å². The van der Waals surface area contributed by atoms with Gasteiger partial charge < -0.3 is 9.84 Å². The molecule has 96 valence electrons. The minimum absolute atomic E-state index is 0.423. The number of ether oxygens (including phenoxy) is 1. The third-order valence-electron chi connectivity index (χ3n) is 2.35. The van der Waals surface area contributed by atoms with Crippen LogP contribution in [0.1, 0.15) is 47.0 Å². The fourth-order valence-corrected chi connectivity index (χ4v) is 1.57. The first-order valence-corrected chi connectivity index (χ1v) is 5.89. The van der Waals surface area contributed by atoms with Crippen molar-refractivity contribution in [2.45, 2.75) is 47.0 Å². The SMILES string of the molecule is CC.CCCC(C(=O)O)C(CC)C(=O)OC. The van der Waals surface area contributed by atoms with Crippen molar-refractivity contribution in [3.05, 3.63) is 0 Å². The molecule has 0 fully saturated rings. The Morgan fingerprint density at radius 3 is 1.94 bits per heavy atom. The molecule has 0 aromatic rings. The first kappa shape index (κ1) is 17.3. The molecule has 0 rings (SSSR count). The number of hydrogen-bond donors (Lipinski definition) is 1. The van der Waals surface area contributed by atoms with Crippen molar-refractivity contribution in [1.29, 1.82) is 0 Å². The van der Waals surface area contributed by atoms with Crippen LogP contribution in [-0.2, 0) is 14.3 Å². The highest BCUT2D eigenvalue weighted by Crippen LogP contribution is 2.22. The molecule has 0 saturated heterocycles. The van der Waals surface area contributed by atoms with Gasteiger partial charge in [0, 0.05) is 0 Å². The highest BCUT2D eigenvalue weighted by Gasteiger charge is 2.32. The summed E-state index contributed by atoms with van der Waals surface area (Å²) in [5.41, 5.74) is 0. The van der Waals surface area contributed by atoms with Gasteiger partial charge >= 0.3 is 11.9 Å². The first-order valence-electron chi connectivity index (χ1n) is 5.89. The molecular formula is C12H24O4. The zero-order chi connectivity index (χ0) is 13.1. The van der Waals surface area contributed by atoms with Crippen LogP contribution >= 0.6 is 0 Å². The molecule has 4 heteroatoms. The Kier molecular flexibility index (Phi) is 11.3. The van der Waals surface area contributed by atoms with Gasteiger partial charge in [-0.2, -0.15) is 0 Å². The minimum atomic E-state index is -0.913. The summed E-state index contributed by atoms with van der Waals surface area (Å²) in [6, 6.07) is 0. The summed E-state index contributed by atoms with van der Waals surface area (Å²) in [5.74, 6) is -2.47. The highest BCUT2D eigenvalue weighted by atomic mass is 16.5. The first-order chi connectivity index (χ1) is 7.58. The Hall–Kier alpha value is -1.06. The van der Waals surface area contributed by atoms with E-state index in [1.54, 1.807) is 6.92 Å². The lowest BCUT2D eigenvalue weighted by Crippen LogP contribution is -2.30. The molecule has 4 nitrogen and oxygen atoms in total. The van der Waals surface area contributed by atoms with Crippen LogP contribution in [0, 0.1) is 11.8 Å². The van der Waals surface area contributed by atoms with E-state index < -0.39 is 23.8 Å². The van der Waals surface area contributed by atoms with Crippen molar-refractivity contribution in [2.24, 2.45) is 11.8 Å². The van der Waals surface area contributed by atoms with Crippen LogP contribution in [0.2, 0.25) is 0 Å². The Balaban J connectivity index is 0. The van der Waals surface area contributed by atoms with Gasteiger partial charge in [-0.1, -0.05) is 34.1 Å². The molecule has 0 heterocycles. The highest BCUT2D eigenvalue weighted by molar-refractivity contribution is 5.80. The molecule has 0 spiro atoms. The quantitative estimate of drug-likeness (QED) is 0.715. The minimum Gasteiger partial charge on any atom is -0.481 e. The zero-order valence-corrected chi connectivity index (χ0v) is 10.9. The standard InChI is InChI=1S/C10H18O4.C2H6/c1-4-6-8(9(11)12)7(5-2)10(13)14-3;1-2/h7-8H,4-6H2,1-3H3,(H,11,12);1-2H3. The molecular weight excluding hydrogens is 208 g/mol. The van der Waals surface area contributed by atoms with Gasteiger partial charge in [0.15, 0.2) is 0 Å². The molecule has 0 aliphatic carbocycles. The fraction of sp³-hybridized carbons (Fsp3) is 0.833. The normalized spacial score (nSPS) is 13.1. The van der Waals surface area contributed by atoms with Gasteiger partial charge in [-0.05, 0) is 12.8 Å². The summed E-state index contributed by atoms with van der Waals surface area (Å²) in [5, 5.41) is 8.94. The van der Waals surface area contributed by atoms with Gasteiger partial charge in [0.05, 0.1) is 18.9 Å². The monoisotopic (exact) mass is 232 g/mol. The average molecular weight is 232 g/mol. The molecule has 1 N–H and O–H groups in total. The predicted octanol–water partition coefficient (Wildman–Crippen LogP) is 2.71. The van der Waals surface area contributed by atoms with Gasteiger partial charge in [-0.25, -0.2) is 0 Å². The van der Waals surface area contributed by atoms with Gasteiger partial charge in [0.1, 0.15) is 0 Å². The Bertz CT molecular complexity index is 201. The van der Waals surface area contributed by atoms with Crippen LogP contribution in [0.15, 0.2) is 0 Å². The van der Waals surface area contributed by atoms with E-state index in [1.807, 2.05) is 20.8 Å². The van der Waals surface area contributed by atoms with E-state index in [1.165, 1.54) is 7.11 Å². The third-order valence-corrected chi connectivity index (χ3v) is 2.35. The number of carbonyl (C=O) groups is 2. The van der Waals surface area contributed by atoms with E-state index in [0.717, 1.165) is 6.42 Å². The molecule has 16 heavy (non-hydrogen) atoms. The molecule has 2 unspecified atom stereocenters. The van der Waals surface area contributed by atoms with Crippen molar-refractivity contribution < 1.29 is 19.4 Å². The maximum Gasteiger partial charge on any atom is 0.309 e. The number of carbonyl (C=O) groups excluding carboxylic acids is 1. The van der Waals surface area contributed by atoms with E-state index in [9.17, 15) is 9.59 Å². The second-order valence-electron chi connectivity index (χ2n) is 3.27. The van der Waals surface area contributed by atoms with Crippen molar-refractivity contribution in [3.8, 4) is 0 Å². The second kappa shape index (κ2) is 10.5. The maximum atomic E-state index is 11.3. The summed E-state index contributed by atoms with van der Waals surface area (Å²) in [6.45, 7) is 7.70. The largest absolute Gasteiger partial charge is 0.481 e. The Morgan fingerprint density at radius 1 is 1.19 bits per heavy atom. The molecule has 0 amide bonds. The topological polar surface area (TPSA) is 63.6 Å². The lowest BCUT2D eigenvalue weighted by molar-refractivity contribution is -0.156. The van der Waals surface area contributed by atoms with E-state index in [2.05, 4.69) is 4.74 Å². The Labute approximate surface area is 98.0 Å². The summed E-state index contributed by atoms with van der Waals surface area (Å²) < 4.78 is 4.58. The Morgan fingerprint density at radius 2 is 1.69 bits per heavy atom. The average Bonchev–Trinajstić information content (AvgIpc) is 2.30. The van der Waals surface area contributed by atoms with E-state index in [0.29, 0.717) is 12.8 Å². The van der Waals surface area contributed by atoms with Gasteiger partial charge in [-0.3, -0.25) is 9.59 Å². The number of methoxy groups -OCH3 is 1. The van der Waals surface area contributed by atoms with Crippen LogP contribution in [0.4, 0.5) is 0 Å². The van der Waals surface area contributed by atoms with Gasteiger partial charge in [0.25, 0.3) is 0 Å². The maximum absolute atomic E-state index is 11.3. The van der Waals surface area contributed by atoms with Gasteiger partial charge in [0.2, 0.25) is 0 Å². The number of carboxylic acid groups (broad SMARTS) is 1. The van der Waals surface area contributed by atoms with Crippen LogP contribution in [-0.4, -0.2) is 24.2 Å². The van der Waals surface area contributed by atoms with E-state index in [-0.39, 0.29) is 0 Å². The molecule has 2 atom stereocenters. The van der Waals surface area contributed by atoms with Crippen molar-refractivity contribution in [3.63, 3.8) is 0 Å². The van der Waals surface area contributed by atoms with E-state index in [4.69, 9.17) is 5.11 Å². The summed E-state index contributed by atoms with van der Waals surface area (Å²) in [4.78, 5) is 22.2. The van der Waals surface area contributed by atoms with Gasteiger partial charge in [-0.15, -0.1) is 0 Å². The number of carboxylic acids is 1.